The topological polar surface area (TPSA) is 50.2 Å². The summed E-state index contributed by atoms with van der Waals surface area (Å²) in [5.74, 6) is 0.129. The molecule has 1 atom stereocenters. The number of nitrogens with zero attached hydrogens (tertiary/aromatic N) is 3. The molecule has 1 aliphatic rings. The van der Waals surface area contributed by atoms with Crippen LogP contribution in [0, 0.1) is 0 Å². The minimum atomic E-state index is 0.129. The van der Waals surface area contributed by atoms with Crippen molar-refractivity contribution < 1.29 is 4.79 Å². The van der Waals surface area contributed by atoms with Gasteiger partial charge in [-0.05, 0) is 56.8 Å². The molecule has 0 bridgehead atoms. The van der Waals surface area contributed by atoms with Gasteiger partial charge in [0.25, 0.3) is 0 Å². The van der Waals surface area contributed by atoms with Crippen molar-refractivity contribution in [2.75, 3.05) is 19.6 Å². The highest BCUT2D eigenvalue weighted by atomic mass is 16.1. The van der Waals surface area contributed by atoms with Gasteiger partial charge in [0.05, 0.1) is 11.9 Å². The van der Waals surface area contributed by atoms with E-state index < -0.39 is 0 Å². The fraction of sp³-hybridized carbons (Fsp3) is 0.524. The van der Waals surface area contributed by atoms with Gasteiger partial charge in [-0.25, -0.2) is 4.68 Å². The normalized spacial score (nSPS) is 18.0. The number of aryl methyl sites for hydroxylation is 1. The van der Waals surface area contributed by atoms with Gasteiger partial charge >= 0.3 is 0 Å². The second-order valence-electron chi connectivity index (χ2n) is 7.21. The highest BCUT2D eigenvalue weighted by Crippen LogP contribution is 2.16. The predicted octanol–water partition coefficient (Wildman–Crippen LogP) is 3.19. The Balaban J connectivity index is 1.33. The second-order valence-corrected chi connectivity index (χ2v) is 7.21. The number of benzene rings is 1. The molecular formula is C21H30N4O. The Bertz CT molecular complexity index is 682. The van der Waals surface area contributed by atoms with E-state index in [1.807, 2.05) is 47.4 Å². The molecule has 0 spiro atoms. The van der Waals surface area contributed by atoms with Gasteiger partial charge in [-0.1, -0.05) is 24.6 Å². The summed E-state index contributed by atoms with van der Waals surface area (Å²) in [5.41, 5.74) is 2.13. The van der Waals surface area contributed by atoms with Crippen LogP contribution in [0.25, 0.3) is 5.69 Å². The number of piperidine rings is 1. The Morgan fingerprint density at radius 3 is 2.92 bits per heavy atom. The van der Waals surface area contributed by atoms with E-state index in [4.69, 9.17) is 0 Å². The van der Waals surface area contributed by atoms with E-state index in [2.05, 4.69) is 22.2 Å². The third kappa shape index (κ3) is 5.43. The molecule has 5 heteroatoms. The first-order valence-corrected chi connectivity index (χ1v) is 9.82. The van der Waals surface area contributed by atoms with Gasteiger partial charge in [0, 0.05) is 31.7 Å². The van der Waals surface area contributed by atoms with E-state index in [1.165, 1.54) is 25.8 Å². The third-order valence-corrected chi connectivity index (χ3v) is 5.18. The number of nitrogens with one attached hydrogen (secondary N) is 1. The van der Waals surface area contributed by atoms with Crippen LogP contribution in [0.2, 0.25) is 0 Å². The zero-order valence-corrected chi connectivity index (χ0v) is 15.7. The highest BCUT2D eigenvalue weighted by Gasteiger charge is 2.17. The SMILES string of the molecule is CC1CCCCN1CCCNC(=O)CCc1cnn(-c2ccccc2)c1. The number of carbonyl (C=O) groups is 1. The molecule has 1 aromatic carbocycles. The zero-order valence-electron chi connectivity index (χ0n) is 15.7. The maximum atomic E-state index is 12.1. The minimum Gasteiger partial charge on any atom is -0.356 e. The maximum Gasteiger partial charge on any atom is 0.220 e. The molecule has 5 nitrogen and oxygen atoms in total. The number of rotatable bonds is 8. The van der Waals surface area contributed by atoms with Crippen molar-refractivity contribution in [1.82, 2.24) is 20.0 Å². The van der Waals surface area contributed by atoms with Gasteiger partial charge in [0.2, 0.25) is 5.91 Å². The maximum absolute atomic E-state index is 12.1. The van der Waals surface area contributed by atoms with Crippen LogP contribution in [0.5, 0.6) is 0 Å². The predicted molar refractivity (Wildman–Crippen MR) is 104 cm³/mol. The van der Waals surface area contributed by atoms with Crippen LogP contribution >= 0.6 is 0 Å². The van der Waals surface area contributed by atoms with Crippen LogP contribution in [0.4, 0.5) is 0 Å². The fourth-order valence-corrected chi connectivity index (χ4v) is 3.56. The molecule has 1 aliphatic heterocycles. The van der Waals surface area contributed by atoms with Crippen LogP contribution in [-0.2, 0) is 11.2 Å². The lowest BCUT2D eigenvalue weighted by atomic mass is 10.0. The number of para-hydroxylation sites is 1. The Kier molecular flexibility index (Phi) is 6.83. The number of amides is 1. The van der Waals surface area contributed by atoms with Crippen LogP contribution in [0.1, 0.15) is 44.6 Å². The van der Waals surface area contributed by atoms with Gasteiger partial charge < -0.3 is 10.2 Å². The quantitative estimate of drug-likeness (QED) is 0.741. The van der Waals surface area contributed by atoms with E-state index in [0.717, 1.165) is 37.2 Å². The zero-order chi connectivity index (χ0) is 18.2. The van der Waals surface area contributed by atoms with E-state index >= 15 is 0 Å². The molecular weight excluding hydrogens is 324 g/mol. The molecule has 2 aromatic rings. The van der Waals surface area contributed by atoms with E-state index in [1.54, 1.807) is 0 Å². The Morgan fingerprint density at radius 1 is 1.27 bits per heavy atom. The molecule has 1 saturated heterocycles. The lowest BCUT2D eigenvalue weighted by molar-refractivity contribution is -0.121. The fourth-order valence-electron chi connectivity index (χ4n) is 3.56. The van der Waals surface area contributed by atoms with Crippen LogP contribution in [-0.4, -0.2) is 46.3 Å². The molecule has 2 heterocycles. The number of carbonyl (C=O) groups excluding carboxylic acids is 1. The molecule has 1 aromatic heterocycles. The summed E-state index contributed by atoms with van der Waals surface area (Å²) in [5, 5.41) is 7.43. The monoisotopic (exact) mass is 354 g/mol. The third-order valence-electron chi connectivity index (χ3n) is 5.18. The molecule has 1 unspecified atom stereocenters. The van der Waals surface area contributed by atoms with Crippen molar-refractivity contribution in [2.45, 2.75) is 51.5 Å². The largest absolute Gasteiger partial charge is 0.356 e. The van der Waals surface area contributed by atoms with Crippen LogP contribution in [0.3, 0.4) is 0 Å². The van der Waals surface area contributed by atoms with Crippen LogP contribution < -0.4 is 5.32 Å². The standard InChI is InChI=1S/C21H30N4O/c1-18-8-5-6-14-24(18)15-7-13-22-21(26)12-11-19-16-23-25(17-19)20-9-3-2-4-10-20/h2-4,9-10,16-18H,5-8,11-15H2,1H3,(H,22,26). The molecule has 1 fully saturated rings. The van der Waals surface area contributed by atoms with Gasteiger partial charge in [0.15, 0.2) is 0 Å². The summed E-state index contributed by atoms with van der Waals surface area (Å²) in [6, 6.07) is 10.7. The smallest absolute Gasteiger partial charge is 0.220 e. The van der Waals surface area contributed by atoms with Crippen molar-refractivity contribution in [3.63, 3.8) is 0 Å². The van der Waals surface area contributed by atoms with Crippen molar-refractivity contribution in [2.24, 2.45) is 0 Å². The van der Waals surface area contributed by atoms with Crippen molar-refractivity contribution >= 4 is 5.91 Å². The molecule has 1 N–H and O–H groups in total. The lowest BCUT2D eigenvalue weighted by Crippen LogP contribution is -2.39. The number of hydrogen-bond acceptors (Lipinski definition) is 3. The molecule has 3 rings (SSSR count). The number of likely N-dealkylation sites (tertiary alicyclic amines) is 1. The van der Waals surface area contributed by atoms with Crippen molar-refractivity contribution in [3.05, 3.63) is 48.3 Å². The summed E-state index contributed by atoms with van der Waals surface area (Å²) in [7, 11) is 0. The van der Waals surface area contributed by atoms with E-state index in [9.17, 15) is 4.79 Å². The Morgan fingerprint density at radius 2 is 2.12 bits per heavy atom. The first-order valence-electron chi connectivity index (χ1n) is 9.82. The van der Waals surface area contributed by atoms with Gasteiger partial charge in [-0.15, -0.1) is 0 Å². The van der Waals surface area contributed by atoms with Crippen molar-refractivity contribution in [1.29, 1.82) is 0 Å². The van der Waals surface area contributed by atoms with Gasteiger partial charge in [-0.2, -0.15) is 5.10 Å². The van der Waals surface area contributed by atoms with Gasteiger partial charge in [0.1, 0.15) is 0 Å². The summed E-state index contributed by atoms with van der Waals surface area (Å²) in [6.07, 6.45) is 10.1. The molecule has 0 saturated carbocycles. The summed E-state index contributed by atoms with van der Waals surface area (Å²) in [4.78, 5) is 14.6. The first-order chi connectivity index (χ1) is 12.7. The molecule has 0 radical (unpaired) electrons. The molecule has 140 valence electrons. The van der Waals surface area contributed by atoms with Gasteiger partial charge in [-0.3, -0.25) is 4.79 Å². The second kappa shape index (κ2) is 9.53. The van der Waals surface area contributed by atoms with Crippen LogP contribution in [0.15, 0.2) is 42.7 Å². The summed E-state index contributed by atoms with van der Waals surface area (Å²) >= 11 is 0. The summed E-state index contributed by atoms with van der Waals surface area (Å²) < 4.78 is 1.85. The average molecular weight is 354 g/mol. The number of hydrogen-bond donors (Lipinski definition) is 1. The lowest BCUT2D eigenvalue weighted by Gasteiger charge is -2.33. The molecule has 0 aliphatic carbocycles. The minimum absolute atomic E-state index is 0.129. The summed E-state index contributed by atoms with van der Waals surface area (Å²) in [6.45, 7) is 5.38. The first kappa shape index (κ1) is 18.6. The van der Waals surface area contributed by atoms with E-state index in [0.29, 0.717) is 12.5 Å². The highest BCUT2D eigenvalue weighted by molar-refractivity contribution is 5.76. The molecule has 26 heavy (non-hydrogen) atoms. The molecule has 1 amide bonds. The number of aromatic nitrogens is 2. The average Bonchev–Trinajstić information content (AvgIpc) is 3.15. The Labute approximate surface area is 156 Å². The van der Waals surface area contributed by atoms with E-state index in [-0.39, 0.29) is 5.91 Å². The Hall–Kier alpha value is -2.14. The van der Waals surface area contributed by atoms with Crippen molar-refractivity contribution in [3.8, 4) is 5.69 Å².